The molecule has 14 heavy (non-hydrogen) atoms. The van der Waals surface area contributed by atoms with Crippen LogP contribution in [0.1, 0.15) is 25.3 Å². The molecule has 0 bridgehead atoms. The quantitative estimate of drug-likeness (QED) is 0.723. The third-order valence-corrected chi connectivity index (χ3v) is 2.78. The van der Waals surface area contributed by atoms with Crippen LogP contribution in [0.15, 0.2) is 18.2 Å². The molecule has 1 aromatic rings. The Morgan fingerprint density at radius 1 is 1.50 bits per heavy atom. The molecule has 1 fully saturated rings. The van der Waals surface area contributed by atoms with Crippen molar-refractivity contribution < 1.29 is 4.39 Å². The Balaban J connectivity index is 2.02. The molecule has 3 heteroatoms. The zero-order chi connectivity index (χ0) is 10.2. The van der Waals surface area contributed by atoms with Crippen molar-refractivity contribution in [2.45, 2.75) is 31.8 Å². The molecule has 76 valence electrons. The number of nitrogens with one attached hydrogen (secondary N) is 1. The SMILES string of the molecule is CC1(NCc2ccc(N)cc2F)CC1. The number of nitrogens with two attached hydrogens (primary N) is 1. The minimum Gasteiger partial charge on any atom is -0.399 e. The summed E-state index contributed by atoms with van der Waals surface area (Å²) in [5.41, 5.74) is 6.87. The van der Waals surface area contributed by atoms with Crippen molar-refractivity contribution in [3.8, 4) is 0 Å². The van der Waals surface area contributed by atoms with Crippen LogP contribution in [0, 0.1) is 5.82 Å². The summed E-state index contributed by atoms with van der Waals surface area (Å²) in [6.45, 7) is 2.74. The van der Waals surface area contributed by atoms with Gasteiger partial charge in [-0.25, -0.2) is 4.39 Å². The molecule has 1 aliphatic carbocycles. The maximum atomic E-state index is 13.3. The fraction of sp³-hybridized carbons (Fsp3) is 0.455. The second-order valence-electron chi connectivity index (χ2n) is 4.27. The Kier molecular flexibility index (Phi) is 2.19. The Labute approximate surface area is 83.3 Å². The Morgan fingerprint density at radius 2 is 2.21 bits per heavy atom. The molecule has 0 amide bonds. The summed E-state index contributed by atoms with van der Waals surface area (Å²) in [5.74, 6) is -0.221. The van der Waals surface area contributed by atoms with Crippen LogP contribution in [0.4, 0.5) is 10.1 Å². The van der Waals surface area contributed by atoms with E-state index < -0.39 is 0 Å². The van der Waals surface area contributed by atoms with E-state index in [9.17, 15) is 4.39 Å². The highest BCUT2D eigenvalue weighted by Gasteiger charge is 2.36. The van der Waals surface area contributed by atoms with Crippen LogP contribution in [0.3, 0.4) is 0 Å². The fourth-order valence-electron chi connectivity index (χ4n) is 1.38. The van der Waals surface area contributed by atoms with Crippen LogP contribution in [-0.2, 0) is 6.54 Å². The smallest absolute Gasteiger partial charge is 0.129 e. The first-order valence-electron chi connectivity index (χ1n) is 4.88. The van der Waals surface area contributed by atoms with E-state index in [2.05, 4.69) is 12.2 Å². The van der Waals surface area contributed by atoms with Gasteiger partial charge in [0.15, 0.2) is 0 Å². The molecule has 0 radical (unpaired) electrons. The molecule has 2 nitrogen and oxygen atoms in total. The lowest BCUT2D eigenvalue weighted by Crippen LogP contribution is -2.27. The third-order valence-electron chi connectivity index (χ3n) is 2.78. The fourth-order valence-corrected chi connectivity index (χ4v) is 1.38. The van der Waals surface area contributed by atoms with Gasteiger partial charge in [-0.3, -0.25) is 0 Å². The molecule has 0 saturated heterocycles. The molecule has 0 aromatic heterocycles. The number of benzene rings is 1. The normalized spacial score (nSPS) is 18.1. The first-order chi connectivity index (χ1) is 6.59. The minimum atomic E-state index is -0.221. The van der Waals surface area contributed by atoms with Crippen molar-refractivity contribution in [3.63, 3.8) is 0 Å². The summed E-state index contributed by atoms with van der Waals surface area (Å²) in [5, 5.41) is 3.33. The molecule has 1 aliphatic rings. The zero-order valence-corrected chi connectivity index (χ0v) is 8.31. The largest absolute Gasteiger partial charge is 0.399 e. The summed E-state index contributed by atoms with van der Waals surface area (Å²) in [7, 11) is 0. The van der Waals surface area contributed by atoms with Crippen molar-refractivity contribution in [1.82, 2.24) is 5.32 Å². The standard InChI is InChI=1S/C11H15FN2/c1-11(4-5-11)14-7-8-2-3-9(13)6-10(8)12/h2-3,6,14H,4-5,7,13H2,1H3. The van der Waals surface area contributed by atoms with Crippen molar-refractivity contribution in [1.29, 1.82) is 0 Å². The molecule has 1 aromatic carbocycles. The average molecular weight is 194 g/mol. The van der Waals surface area contributed by atoms with Gasteiger partial charge >= 0.3 is 0 Å². The first kappa shape index (κ1) is 9.46. The topological polar surface area (TPSA) is 38.0 Å². The van der Waals surface area contributed by atoms with Crippen LogP contribution >= 0.6 is 0 Å². The van der Waals surface area contributed by atoms with Gasteiger partial charge in [-0.2, -0.15) is 0 Å². The van der Waals surface area contributed by atoms with Crippen LogP contribution in [0.5, 0.6) is 0 Å². The first-order valence-corrected chi connectivity index (χ1v) is 4.88. The van der Waals surface area contributed by atoms with E-state index in [0.29, 0.717) is 17.8 Å². The number of nitrogen functional groups attached to an aromatic ring is 1. The van der Waals surface area contributed by atoms with Gasteiger partial charge in [-0.1, -0.05) is 6.07 Å². The molecule has 0 aliphatic heterocycles. The predicted molar refractivity (Wildman–Crippen MR) is 55.3 cm³/mol. The molecule has 2 rings (SSSR count). The molecule has 0 spiro atoms. The van der Waals surface area contributed by atoms with Gasteiger partial charge in [0.25, 0.3) is 0 Å². The van der Waals surface area contributed by atoms with Crippen molar-refractivity contribution in [3.05, 3.63) is 29.6 Å². The van der Waals surface area contributed by atoms with Crippen molar-refractivity contribution >= 4 is 5.69 Å². The Hall–Kier alpha value is -1.09. The van der Waals surface area contributed by atoms with E-state index in [0.717, 1.165) is 0 Å². The van der Waals surface area contributed by atoms with E-state index in [4.69, 9.17) is 5.73 Å². The van der Waals surface area contributed by atoms with Gasteiger partial charge in [0.2, 0.25) is 0 Å². The van der Waals surface area contributed by atoms with Crippen LogP contribution in [0.25, 0.3) is 0 Å². The molecular formula is C11H15FN2. The van der Waals surface area contributed by atoms with Gasteiger partial charge < -0.3 is 11.1 Å². The summed E-state index contributed by atoms with van der Waals surface area (Å²) in [6, 6.07) is 4.84. The number of anilines is 1. The van der Waals surface area contributed by atoms with Gasteiger partial charge in [-0.15, -0.1) is 0 Å². The maximum absolute atomic E-state index is 13.3. The maximum Gasteiger partial charge on any atom is 0.129 e. The number of hydrogen-bond acceptors (Lipinski definition) is 2. The molecule has 0 heterocycles. The van der Waals surface area contributed by atoms with Gasteiger partial charge in [0.05, 0.1) is 0 Å². The van der Waals surface area contributed by atoms with Gasteiger partial charge in [0, 0.05) is 23.3 Å². The molecule has 0 atom stereocenters. The van der Waals surface area contributed by atoms with Gasteiger partial charge in [0.1, 0.15) is 5.82 Å². The van der Waals surface area contributed by atoms with E-state index in [1.54, 1.807) is 12.1 Å². The Bertz CT molecular complexity index is 345. The number of halogens is 1. The lowest BCUT2D eigenvalue weighted by atomic mass is 10.2. The number of rotatable bonds is 3. The van der Waals surface area contributed by atoms with Crippen molar-refractivity contribution in [2.24, 2.45) is 0 Å². The molecule has 1 saturated carbocycles. The van der Waals surface area contributed by atoms with E-state index in [-0.39, 0.29) is 11.4 Å². The summed E-state index contributed by atoms with van der Waals surface area (Å²) in [6.07, 6.45) is 2.37. The van der Waals surface area contributed by atoms with Crippen LogP contribution in [0.2, 0.25) is 0 Å². The predicted octanol–water partition coefficient (Wildman–Crippen LogP) is 2.05. The zero-order valence-electron chi connectivity index (χ0n) is 8.31. The number of hydrogen-bond donors (Lipinski definition) is 2. The highest BCUT2D eigenvalue weighted by Crippen LogP contribution is 2.34. The molecular weight excluding hydrogens is 179 g/mol. The van der Waals surface area contributed by atoms with E-state index in [1.807, 2.05) is 0 Å². The monoisotopic (exact) mass is 194 g/mol. The summed E-state index contributed by atoms with van der Waals surface area (Å²) < 4.78 is 13.3. The molecule has 3 N–H and O–H groups in total. The van der Waals surface area contributed by atoms with Crippen LogP contribution < -0.4 is 11.1 Å². The second-order valence-corrected chi connectivity index (χ2v) is 4.27. The van der Waals surface area contributed by atoms with Crippen molar-refractivity contribution in [2.75, 3.05) is 5.73 Å². The third kappa shape index (κ3) is 2.04. The highest BCUT2D eigenvalue weighted by atomic mass is 19.1. The molecule has 0 unspecified atom stereocenters. The minimum absolute atomic E-state index is 0.221. The Morgan fingerprint density at radius 3 is 2.79 bits per heavy atom. The lowest BCUT2D eigenvalue weighted by molar-refractivity contribution is 0.518. The van der Waals surface area contributed by atoms with Crippen LogP contribution in [-0.4, -0.2) is 5.54 Å². The van der Waals surface area contributed by atoms with Gasteiger partial charge in [-0.05, 0) is 31.9 Å². The lowest BCUT2D eigenvalue weighted by Gasteiger charge is -2.11. The summed E-state index contributed by atoms with van der Waals surface area (Å²) in [4.78, 5) is 0. The van der Waals surface area contributed by atoms with E-state index in [1.165, 1.54) is 18.9 Å². The highest BCUT2D eigenvalue weighted by molar-refractivity contribution is 5.40. The average Bonchev–Trinajstić information content (AvgIpc) is 2.83. The second kappa shape index (κ2) is 3.24. The summed E-state index contributed by atoms with van der Waals surface area (Å²) >= 11 is 0. The van der Waals surface area contributed by atoms with E-state index >= 15 is 0 Å².